The van der Waals surface area contributed by atoms with Crippen molar-refractivity contribution in [1.29, 1.82) is 0 Å². The molecule has 3 amide bonds. The van der Waals surface area contributed by atoms with Crippen molar-refractivity contribution in [2.24, 2.45) is 16.8 Å². The maximum atomic E-state index is 12.5. The van der Waals surface area contributed by atoms with Crippen LogP contribution in [0.1, 0.15) is 38.2 Å². The van der Waals surface area contributed by atoms with Crippen molar-refractivity contribution >= 4 is 45.3 Å². The Morgan fingerprint density at radius 1 is 1.32 bits per heavy atom. The summed E-state index contributed by atoms with van der Waals surface area (Å²) in [5.41, 5.74) is 2.47. The Hall–Kier alpha value is -2.18. The van der Waals surface area contributed by atoms with Gasteiger partial charge in [-0.2, -0.15) is 0 Å². The molecule has 2 atom stereocenters. The normalized spacial score (nSPS) is 20.9. The number of anilines is 2. The summed E-state index contributed by atoms with van der Waals surface area (Å²) in [5.74, 6) is 0.742. The largest absolute Gasteiger partial charge is 0.338 e. The Morgan fingerprint density at radius 3 is 2.86 bits per heavy atom. The van der Waals surface area contributed by atoms with Crippen molar-refractivity contribution in [2.75, 3.05) is 29.9 Å². The molecule has 28 heavy (non-hydrogen) atoms. The first kappa shape index (κ1) is 20.6. The summed E-state index contributed by atoms with van der Waals surface area (Å²) in [5, 5.41) is 5.86. The van der Waals surface area contributed by atoms with E-state index in [0.29, 0.717) is 37.2 Å². The summed E-state index contributed by atoms with van der Waals surface area (Å²) in [6.45, 7) is 3.27. The Bertz CT molecular complexity index is 807. The van der Waals surface area contributed by atoms with Crippen molar-refractivity contribution in [3.05, 3.63) is 22.2 Å². The number of fused-ring (bicyclic) bond motifs is 1. The van der Waals surface area contributed by atoms with Crippen LogP contribution in [0.25, 0.3) is 0 Å². The Morgan fingerprint density at radius 2 is 2.11 bits per heavy atom. The molecule has 0 bridgehead atoms. The number of isocyanates is 1. The summed E-state index contributed by atoms with van der Waals surface area (Å²) in [6, 6.07) is 3.54. The molecule has 1 aromatic rings. The molecule has 1 aliphatic carbocycles. The number of nitrogens with zero attached hydrogens (tertiary/aromatic N) is 2. The number of benzene rings is 1. The van der Waals surface area contributed by atoms with E-state index < -0.39 is 0 Å². The molecule has 2 aliphatic rings. The number of nitrogens with one attached hydrogen (secondary N) is 2. The molecular formula is C20H25BrN4O3. The number of amides is 3. The second kappa shape index (κ2) is 9.34. The van der Waals surface area contributed by atoms with Crippen molar-refractivity contribution in [2.45, 2.75) is 39.0 Å². The van der Waals surface area contributed by atoms with Crippen LogP contribution < -0.4 is 15.5 Å². The number of carbonyl (C=O) groups excluding carboxylic acids is 3. The highest BCUT2D eigenvalue weighted by molar-refractivity contribution is 9.10. The van der Waals surface area contributed by atoms with Crippen LogP contribution in [0.3, 0.4) is 0 Å². The Kier molecular flexibility index (Phi) is 6.86. The minimum atomic E-state index is -0.274. The minimum Gasteiger partial charge on any atom is -0.338 e. The minimum absolute atomic E-state index is 0.0317. The molecule has 2 N–H and O–H groups in total. The van der Waals surface area contributed by atoms with Crippen molar-refractivity contribution in [3.8, 4) is 0 Å². The number of urea groups is 1. The maximum Gasteiger partial charge on any atom is 0.319 e. The number of hydrogen-bond acceptors (Lipinski definition) is 4. The zero-order chi connectivity index (χ0) is 20.1. The van der Waals surface area contributed by atoms with E-state index in [1.165, 1.54) is 6.92 Å². The second-order valence-electron chi connectivity index (χ2n) is 7.55. The number of hydrogen-bond donors (Lipinski definition) is 2. The topological polar surface area (TPSA) is 90.9 Å². The average molecular weight is 449 g/mol. The number of halogens is 1. The van der Waals surface area contributed by atoms with Gasteiger partial charge in [0.25, 0.3) is 0 Å². The van der Waals surface area contributed by atoms with E-state index in [1.54, 1.807) is 11.0 Å². The molecule has 150 valence electrons. The summed E-state index contributed by atoms with van der Waals surface area (Å²) < 4.78 is 0.873. The van der Waals surface area contributed by atoms with Crippen LogP contribution in [-0.2, 0) is 16.0 Å². The molecule has 3 rings (SSSR count). The zero-order valence-corrected chi connectivity index (χ0v) is 17.5. The third kappa shape index (κ3) is 5.00. The molecular weight excluding hydrogens is 424 g/mol. The predicted octanol–water partition coefficient (Wildman–Crippen LogP) is 3.62. The van der Waals surface area contributed by atoms with Gasteiger partial charge in [-0.05, 0) is 55.2 Å². The molecule has 1 aliphatic heterocycles. The van der Waals surface area contributed by atoms with Gasteiger partial charge in [-0.25, -0.2) is 14.6 Å². The molecule has 0 spiro atoms. The van der Waals surface area contributed by atoms with Gasteiger partial charge in [0.15, 0.2) is 0 Å². The number of carbonyl (C=O) groups is 2. The fourth-order valence-electron chi connectivity index (χ4n) is 4.24. The molecule has 0 saturated heterocycles. The fourth-order valence-corrected chi connectivity index (χ4v) is 4.75. The third-order valence-corrected chi connectivity index (χ3v) is 5.97. The van der Waals surface area contributed by atoms with Gasteiger partial charge in [0.05, 0.1) is 17.9 Å². The van der Waals surface area contributed by atoms with Crippen LogP contribution in [0.5, 0.6) is 0 Å². The lowest BCUT2D eigenvalue weighted by molar-refractivity contribution is -0.116. The molecule has 0 radical (unpaired) electrons. The molecule has 1 fully saturated rings. The van der Waals surface area contributed by atoms with E-state index in [0.717, 1.165) is 47.8 Å². The molecule has 8 heteroatoms. The summed E-state index contributed by atoms with van der Waals surface area (Å²) in [7, 11) is 0. The molecule has 1 saturated carbocycles. The van der Waals surface area contributed by atoms with Crippen molar-refractivity contribution < 1.29 is 14.4 Å². The monoisotopic (exact) mass is 448 g/mol. The van der Waals surface area contributed by atoms with Crippen LogP contribution in [-0.4, -0.2) is 37.7 Å². The van der Waals surface area contributed by atoms with Gasteiger partial charge in [0.1, 0.15) is 0 Å². The van der Waals surface area contributed by atoms with E-state index in [4.69, 9.17) is 0 Å². The predicted molar refractivity (Wildman–Crippen MR) is 111 cm³/mol. The van der Waals surface area contributed by atoms with Crippen molar-refractivity contribution in [1.82, 2.24) is 5.32 Å². The summed E-state index contributed by atoms with van der Waals surface area (Å²) in [4.78, 5) is 40.1. The van der Waals surface area contributed by atoms with Crippen molar-refractivity contribution in [3.63, 3.8) is 0 Å². The Labute approximate surface area is 173 Å². The summed E-state index contributed by atoms with van der Waals surface area (Å²) >= 11 is 3.48. The van der Waals surface area contributed by atoms with Gasteiger partial charge in [-0.1, -0.05) is 22.4 Å². The smallest absolute Gasteiger partial charge is 0.319 e. The van der Waals surface area contributed by atoms with Gasteiger partial charge < -0.3 is 15.5 Å². The van der Waals surface area contributed by atoms with Gasteiger partial charge in [-0.15, -0.1) is 0 Å². The van der Waals surface area contributed by atoms with Crippen LogP contribution in [0.4, 0.5) is 16.2 Å². The first-order chi connectivity index (χ1) is 13.5. The first-order valence-electron chi connectivity index (χ1n) is 9.67. The quantitative estimate of drug-likeness (QED) is 0.532. The third-order valence-electron chi connectivity index (χ3n) is 5.51. The standard InChI is InChI=1S/C20H25BrN4O3/c1-13(27)25-6-5-16-8-17(21)9-18(19(16)25)24-20(28)23-11-15-4-2-3-14(7-15)10-22-12-26/h8-9,14-15H,2-7,10-11H2,1H3,(H2,23,24,28). The molecule has 1 heterocycles. The average Bonchev–Trinajstić information content (AvgIpc) is 3.09. The van der Waals surface area contributed by atoms with Crippen LogP contribution in [0.2, 0.25) is 0 Å². The van der Waals surface area contributed by atoms with E-state index in [2.05, 4.69) is 31.6 Å². The van der Waals surface area contributed by atoms with E-state index in [1.807, 2.05) is 12.1 Å². The lowest BCUT2D eigenvalue weighted by Crippen LogP contribution is -2.35. The highest BCUT2D eigenvalue weighted by atomic mass is 79.9. The second-order valence-corrected chi connectivity index (χ2v) is 8.46. The molecule has 2 unspecified atom stereocenters. The zero-order valence-electron chi connectivity index (χ0n) is 16.0. The van der Waals surface area contributed by atoms with E-state index in [-0.39, 0.29) is 11.9 Å². The van der Waals surface area contributed by atoms with Crippen LogP contribution >= 0.6 is 15.9 Å². The molecule has 0 aromatic heterocycles. The number of aliphatic imine (C=N–C) groups is 1. The summed E-state index contributed by atoms with van der Waals surface area (Å²) in [6.07, 6.45) is 6.55. The van der Waals surface area contributed by atoms with Gasteiger partial charge in [0, 0.05) is 24.5 Å². The van der Waals surface area contributed by atoms with Gasteiger partial charge in [-0.3, -0.25) is 4.79 Å². The number of rotatable bonds is 5. The molecule has 1 aromatic carbocycles. The van der Waals surface area contributed by atoms with Gasteiger partial charge in [0.2, 0.25) is 12.0 Å². The lowest BCUT2D eigenvalue weighted by atomic mass is 9.81. The van der Waals surface area contributed by atoms with Crippen LogP contribution in [0.15, 0.2) is 21.6 Å². The highest BCUT2D eigenvalue weighted by Crippen LogP contribution is 2.38. The van der Waals surface area contributed by atoms with E-state index >= 15 is 0 Å². The maximum absolute atomic E-state index is 12.5. The van der Waals surface area contributed by atoms with E-state index in [9.17, 15) is 14.4 Å². The fraction of sp³-hybridized carbons (Fsp3) is 0.550. The van der Waals surface area contributed by atoms with Crippen LogP contribution in [0, 0.1) is 11.8 Å². The Balaban J connectivity index is 1.60. The lowest BCUT2D eigenvalue weighted by Gasteiger charge is -2.28. The molecule has 7 nitrogen and oxygen atoms in total. The SMILES string of the molecule is CC(=O)N1CCc2cc(Br)cc(NC(=O)NCC3CCCC(CN=C=O)C3)c21. The first-order valence-corrected chi connectivity index (χ1v) is 10.5. The highest BCUT2D eigenvalue weighted by Gasteiger charge is 2.27. The van der Waals surface area contributed by atoms with Gasteiger partial charge >= 0.3 is 6.03 Å².